The van der Waals surface area contributed by atoms with Gasteiger partial charge in [-0.05, 0) is 35.7 Å². The molecule has 0 radical (unpaired) electrons. The van der Waals surface area contributed by atoms with Crippen LogP contribution in [0.5, 0.6) is 0 Å². The molecule has 0 bridgehead atoms. The Bertz CT molecular complexity index is 1090. The molecule has 1 aromatic carbocycles. The number of aryl methyl sites for hydroxylation is 1. The molecule has 27 heavy (non-hydrogen) atoms. The highest BCUT2D eigenvalue weighted by atomic mass is 35.5. The van der Waals surface area contributed by atoms with E-state index in [0.29, 0.717) is 13.0 Å². The van der Waals surface area contributed by atoms with E-state index in [9.17, 15) is 9.59 Å². The van der Waals surface area contributed by atoms with Gasteiger partial charge in [0.25, 0.3) is 5.56 Å². The lowest BCUT2D eigenvalue weighted by Gasteiger charge is -2.28. The summed E-state index contributed by atoms with van der Waals surface area (Å²) in [6.07, 6.45) is 6.51. The fourth-order valence-electron chi connectivity index (χ4n) is 3.51. The summed E-state index contributed by atoms with van der Waals surface area (Å²) in [4.78, 5) is 30.4. The molecule has 0 unspecified atom stereocenters. The van der Waals surface area contributed by atoms with Crippen LogP contribution in [0.4, 0.5) is 5.69 Å². The third kappa shape index (κ3) is 3.26. The van der Waals surface area contributed by atoms with E-state index < -0.39 is 0 Å². The number of aromatic nitrogens is 2. The van der Waals surface area contributed by atoms with Gasteiger partial charge in [0.2, 0.25) is 5.91 Å². The molecule has 1 aliphatic rings. The highest BCUT2D eigenvalue weighted by Crippen LogP contribution is 2.37. The normalized spacial score (nSPS) is 13.6. The second-order valence-electron chi connectivity index (χ2n) is 6.64. The molecule has 4 rings (SSSR count). The summed E-state index contributed by atoms with van der Waals surface area (Å²) in [5.41, 5.74) is 4.64. The Labute approximate surface area is 161 Å². The maximum absolute atomic E-state index is 12.2. The van der Waals surface area contributed by atoms with Crippen LogP contribution in [0, 0.1) is 0 Å². The van der Waals surface area contributed by atoms with Gasteiger partial charge in [-0.2, -0.15) is 0 Å². The maximum atomic E-state index is 12.2. The fraction of sp³-hybridized carbons (Fsp3) is 0.190. The van der Waals surface area contributed by atoms with E-state index in [-0.39, 0.29) is 16.5 Å². The maximum Gasteiger partial charge on any atom is 0.269 e. The van der Waals surface area contributed by atoms with Gasteiger partial charge in [0.1, 0.15) is 5.02 Å². The van der Waals surface area contributed by atoms with E-state index in [0.717, 1.165) is 34.4 Å². The lowest BCUT2D eigenvalue weighted by Crippen LogP contribution is -2.31. The Morgan fingerprint density at radius 1 is 1.11 bits per heavy atom. The van der Waals surface area contributed by atoms with Crippen molar-refractivity contribution in [2.24, 2.45) is 0 Å². The third-order valence-corrected chi connectivity index (χ3v) is 5.16. The van der Waals surface area contributed by atoms with E-state index in [1.807, 2.05) is 25.2 Å². The minimum atomic E-state index is -0.230. The molecule has 136 valence electrons. The number of amides is 1. The van der Waals surface area contributed by atoms with E-state index in [1.165, 1.54) is 0 Å². The second-order valence-corrected chi connectivity index (χ2v) is 7.04. The highest BCUT2D eigenvalue weighted by molar-refractivity contribution is 6.30. The fourth-order valence-corrected chi connectivity index (χ4v) is 3.69. The molecule has 0 spiro atoms. The molecule has 1 amide bonds. The van der Waals surface area contributed by atoms with Crippen LogP contribution in [-0.4, -0.2) is 22.5 Å². The molecule has 3 heterocycles. The van der Waals surface area contributed by atoms with E-state index in [2.05, 4.69) is 11.1 Å². The van der Waals surface area contributed by atoms with Gasteiger partial charge in [0.05, 0.1) is 12.2 Å². The average molecular weight is 380 g/mol. The number of hydrogen-bond donors (Lipinski definition) is 0. The SMILES string of the molecule is CN1C(=O)CCc2cccc(-c3cncc(Cn4cccc(Cl)c4=O)c3)c21. The minimum absolute atomic E-state index is 0.115. The number of rotatable bonds is 3. The van der Waals surface area contributed by atoms with Gasteiger partial charge < -0.3 is 9.47 Å². The van der Waals surface area contributed by atoms with Crippen molar-refractivity contribution in [1.82, 2.24) is 9.55 Å². The van der Waals surface area contributed by atoms with Crippen LogP contribution in [-0.2, 0) is 17.8 Å². The molecular weight excluding hydrogens is 362 g/mol. The standard InChI is InChI=1S/C21H18ClN3O2/c1-24-19(26)8-7-15-4-2-5-17(20(15)24)16-10-14(11-23-12-16)13-25-9-3-6-18(22)21(25)27/h2-6,9-12H,7-8,13H2,1H3. The first kappa shape index (κ1) is 17.5. The summed E-state index contributed by atoms with van der Waals surface area (Å²) < 4.78 is 1.55. The van der Waals surface area contributed by atoms with E-state index in [4.69, 9.17) is 11.6 Å². The van der Waals surface area contributed by atoms with Crippen LogP contribution in [0.1, 0.15) is 17.5 Å². The van der Waals surface area contributed by atoms with Crippen LogP contribution in [0.25, 0.3) is 11.1 Å². The topological polar surface area (TPSA) is 55.2 Å². The number of carbonyl (C=O) groups is 1. The third-order valence-electron chi connectivity index (χ3n) is 4.87. The van der Waals surface area contributed by atoms with Crippen molar-refractivity contribution in [1.29, 1.82) is 0 Å². The van der Waals surface area contributed by atoms with Gasteiger partial charge in [0, 0.05) is 43.2 Å². The van der Waals surface area contributed by atoms with Crippen LogP contribution >= 0.6 is 11.6 Å². The van der Waals surface area contributed by atoms with Gasteiger partial charge in [-0.1, -0.05) is 29.8 Å². The second kappa shape index (κ2) is 7.00. The predicted octanol–water partition coefficient (Wildman–Crippen LogP) is 3.52. The van der Waals surface area contributed by atoms with Crippen LogP contribution in [0.3, 0.4) is 0 Å². The zero-order valence-electron chi connectivity index (χ0n) is 14.9. The summed E-state index contributed by atoms with van der Waals surface area (Å²) in [5, 5.41) is 0.193. The average Bonchev–Trinajstić information content (AvgIpc) is 2.68. The van der Waals surface area contributed by atoms with Crippen molar-refractivity contribution >= 4 is 23.2 Å². The zero-order chi connectivity index (χ0) is 19.0. The molecule has 0 saturated carbocycles. The summed E-state index contributed by atoms with van der Waals surface area (Å²) in [6.45, 7) is 0.379. The van der Waals surface area contributed by atoms with E-state index in [1.54, 1.807) is 40.2 Å². The van der Waals surface area contributed by atoms with Crippen LogP contribution < -0.4 is 10.5 Å². The van der Waals surface area contributed by atoms with Gasteiger partial charge >= 0.3 is 0 Å². The van der Waals surface area contributed by atoms with E-state index >= 15 is 0 Å². The molecule has 6 heteroatoms. The molecular formula is C21H18ClN3O2. The molecule has 5 nitrogen and oxygen atoms in total. The number of hydrogen-bond acceptors (Lipinski definition) is 3. The van der Waals surface area contributed by atoms with Gasteiger partial charge in [-0.25, -0.2) is 0 Å². The largest absolute Gasteiger partial charge is 0.315 e. The Hall–Kier alpha value is -2.92. The first-order valence-corrected chi connectivity index (χ1v) is 9.10. The van der Waals surface area contributed by atoms with Crippen molar-refractivity contribution in [2.75, 3.05) is 11.9 Å². The quantitative estimate of drug-likeness (QED) is 0.699. The van der Waals surface area contributed by atoms with Crippen molar-refractivity contribution in [3.05, 3.63) is 81.5 Å². The Balaban J connectivity index is 1.75. The summed E-state index contributed by atoms with van der Waals surface area (Å²) >= 11 is 5.93. The number of halogens is 1. The summed E-state index contributed by atoms with van der Waals surface area (Å²) in [7, 11) is 1.81. The number of benzene rings is 1. The first-order chi connectivity index (χ1) is 13.0. The lowest BCUT2D eigenvalue weighted by atomic mass is 9.94. The van der Waals surface area contributed by atoms with Crippen molar-refractivity contribution in [2.45, 2.75) is 19.4 Å². The monoisotopic (exact) mass is 379 g/mol. The molecule has 1 aliphatic heterocycles. The smallest absolute Gasteiger partial charge is 0.269 e. The molecule has 2 aromatic heterocycles. The molecule has 0 atom stereocenters. The minimum Gasteiger partial charge on any atom is -0.315 e. The van der Waals surface area contributed by atoms with Gasteiger partial charge in [-0.15, -0.1) is 0 Å². The predicted molar refractivity (Wildman–Crippen MR) is 106 cm³/mol. The number of pyridine rings is 2. The first-order valence-electron chi connectivity index (χ1n) is 8.72. The van der Waals surface area contributed by atoms with Gasteiger partial charge in [-0.3, -0.25) is 14.6 Å². The number of anilines is 1. The van der Waals surface area contributed by atoms with Crippen molar-refractivity contribution in [3.63, 3.8) is 0 Å². The number of fused-ring (bicyclic) bond motifs is 1. The van der Waals surface area contributed by atoms with Crippen LogP contribution in [0.15, 0.2) is 59.8 Å². The lowest BCUT2D eigenvalue weighted by molar-refractivity contribution is -0.118. The number of carbonyl (C=O) groups excluding carboxylic acids is 1. The molecule has 0 aliphatic carbocycles. The molecule has 0 fully saturated rings. The summed E-state index contributed by atoms with van der Waals surface area (Å²) in [5.74, 6) is 0.115. The number of para-hydroxylation sites is 1. The van der Waals surface area contributed by atoms with Crippen LogP contribution in [0.2, 0.25) is 5.02 Å². The van der Waals surface area contributed by atoms with Crippen molar-refractivity contribution in [3.8, 4) is 11.1 Å². The van der Waals surface area contributed by atoms with Gasteiger partial charge in [0.15, 0.2) is 0 Å². The zero-order valence-corrected chi connectivity index (χ0v) is 15.6. The van der Waals surface area contributed by atoms with Crippen molar-refractivity contribution < 1.29 is 4.79 Å². The Morgan fingerprint density at radius 2 is 1.96 bits per heavy atom. The Kier molecular flexibility index (Phi) is 4.54. The number of nitrogens with zero attached hydrogens (tertiary/aromatic N) is 3. The summed E-state index contributed by atoms with van der Waals surface area (Å²) in [6, 6.07) is 11.4. The molecule has 3 aromatic rings. The Morgan fingerprint density at radius 3 is 2.81 bits per heavy atom. The highest BCUT2D eigenvalue weighted by Gasteiger charge is 2.24. The molecule has 0 N–H and O–H groups in total. The molecule has 0 saturated heterocycles.